The standard InChI is InChI=1S/C20H16N4O2/c1-11-6-8-12(9-7-11)18-17-16(13-4-2-3-5-15(13)25)14(10-21)19(22)26-20(17)24-23-18/h2-9,16,25H,22H2,1H3,(H,23,24)/t16-/m1/s1. The smallest absolute Gasteiger partial charge is 0.244 e. The van der Waals surface area contributed by atoms with Crippen LogP contribution in [0.2, 0.25) is 0 Å². The zero-order chi connectivity index (χ0) is 18.3. The molecular weight excluding hydrogens is 328 g/mol. The van der Waals surface area contributed by atoms with E-state index in [4.69, 9.17) is 10.5 Å². The van der Waals surface area contributed by atoms with Crippen molar-refractivity contribution in [2.75, 3.05) is 0 Å². The number of benzene rings is 2. The Morgan fingerprint density at radius 2 is 1.92 bits per heavy atom. The molecule has 3 aromatic rings. The maximum absolute atomic E-state index is 10.4. The number of nitrogens with zero attached hydrogens (tertiary/aromatic N) is 2. The summed E-state index contributed by atoms with van der Waals surface area (Å²) in [6.07, 6.45) is 0. The Morgan fingerprint density at radius 3 is 2.62 bits per heavy atom. The summed E-state index contributed by atoms with van der Waals surface area (Å²) in [4.78, 5) is 0. The van der Waals surface area contributed by atoms with E-state index in [0.29, 0.717) is 17.0 Å². The highest BCUT2D eigenvalue weighted by atomic mass is 16.5. The van der Waals surface area contributed by atoms with Gasteiger partial charge in [0.15, 0.2) is 0 Å². The molecule has 0 unspecified atom stereocenters. The van der Waals surface area contributed by atoms with Gasteiger partial charge in [-0.3, -0.25) is 5.10 Å². The SMILES string of the molecule is Cc1ccc(-c2[nH]nc3c2[C@H](c2ccccc2O)C(C#N)=C(N)O3)cc1. The van der Waals surface area contributed by atoms with Crippen LogP contribution in [0.4, 0.5) is 0 Å². The molecule has 0 aliphatic carbocycles. The number of nitrogens with two attached hydrogens (primary N) is 1. The molecule has 128 valence electrons. The molecule has 4 rings (SSSR count). The van der Waals surface area contributed by atoms with Crippen molar-refractivity contribution in [1.82, 2.24) is 10.2 Å². The number of rotatable bonds is 2. The summed E-state index contributed by atoms with van der Waals surface area (Å²) < 4.78 is 5.56. The second-order valence-electron chi connectivity index (χ2n) is 6.17. The van der Waals surface area contributed by atoms with Crippen LogP contribution in [0.25, 0.3) is 11.3 Å². The minimum absolute atomic E-state index is 0.00444. The van der Waals surface area contributed by atoms with Gasteiger partial charge in [0.05, 0.1) is 17.2 Å². The molecule has 1 aliphatic rings. The van der Waals surface area contributed by atoms with Gasteiger partial charge in [-0.1, -0.05) is 48.0 Å². The van der Waals surface area contributed by atoms with Crippen molar-refractivity contribution in [3.8, 4) is 29.0 Å². The second kappa shape index (κ2) is 5.97. The van der Waals surface area contributed by atoms with E-state index in [1.54, 1.807) is 24.3 Å². The maximum Gasteiger partial charge on any atom is 0.244 e. The Hall–Kier alpha value is -3.72. The van der Waals surface area contributed by atoms with Crippen LogP contribution in [0.15, 0.2) is 60.0 Å². The van der Waals surface area contributed by atoms with Crippen LogP contribution in [-0.2, 0) is 0 Å². The van der Waals surface area contributed by atoms with Crippen LogP contribution in [-0.4, -0.2) is 15.3 Å². The molecule has 26 heavy (non-hydrogen) atoms. The number of para-hydroxylation sites is 1. The molecule has 0 bridgehead atoms. The summed E-state index contributed by atoms with van der Waals surface area (Å²) in [5.74, 6) is -0.178. The first kappa shape index (κ1) is 15.8. The van der Waals surface area contributed by atoms with E-state index in [2.05, 4.69) is 16.3 Å². The van der Waals surface area contributed by atoms with Crippen LogP contribution >= 0.6 is 0 Å². The largest absolute Gasteiger partial charge is 0.508 e. The number of phenols is 1. The number of aromatic nitrogens is 2. The minimum atomic E-state index is -0.569. The van der Waals surface area contributed by atoms with Gasteiger partial charge in [0.25, 0.3) is 0 Å². The Kier molecular flexibility index (Phi) is 3.63. The van der Waals surface area contributed by atoms with E-state index in [-0.39, 0.29) is 17.2 Å². The molecule has 0 spiro atoms. The van der Waals surface area contributed by atoms with Gasteiger partial charge in [-0.25, -0.2) is 0 Å². The van der Waals surface area contributed by atoms with Gasteiger partial charge in [-0.05, 0) is 13.0 Å². The zero-order valence-corrected chi connectivity index (χ0v) is 14.0. The molecule has 1 atom stereocenters. The van der Waals surface area contributed by atoms with Gasteiger partial charge in [0.2, 0.25) is 11.8 Å². The van der Waals surface area contributed by atoms with Crippen LogP contribution in [0.3, 0.4) is 0 Å². The van der Waals surface area contributed by atoms with Crippen molar-refractivity contribution < 1.29 is 9.84 Å². The number of phenolic OH excluding ortho intramolecular Hbond substituents is 1. The highest BCUT2D eigenvalue weighted by molar-refractivity contribution is 5.71. The molecule has 1 aromatic heterocycles. The number of hydrogen-bond donors (Lipinski definition) is 3. The minimum Gasteiger partial charge on any atom is -0.508 e. The lowest BCUT2D eigenvalue weighted by atomic mass is 9.82. The lowest BCUT2D eigenvalue weighted by Gasteiger charge is -2.24. The molecule has 0 saturated carbocycles. The van der Waals surface area contributed by atoms with E-state index in [1.807, 2.05) is 31.2 Å². The third-order valence-corrected chi connectivity index (χ3v) is 4.53. The topological polar surface area (TPSA) is 108 Å². The van der Waals surface area contributed by atoms with Crippen molar-refractivity contribution in [2.45, 2.75) is 12.8 Å². The van der Waals surface area contributed by atoms with E-state index >= 15 is 0 Å². The Bertz CT molecular complexity index is 1060. The van der Waals surface area contributed by atoms with E-state index in [9.17, 15) is 10.4 Å². The van der Waals surface area contributed by atoms with Crippen LogP contribution in [0.1, 0.15) is 22.6 Å². The lowest BCUT2D eigenvalue weighted by Crippen LogP contribution is -2.21. The van der Waals surface area contributed by atoms with Gasteiger partial charge in [0, 0.05) is 11.1 Å². The third-order valence-electron chi connectivity index (χ3n) is 4.53. The third kappa shape index (κ3) is 2.38. The van der Waals surface area contributed by atoms with Crippen LogP contribution in [0, 0.1) is 18.3 Å². The number of aromatic hydroxyl groups is 1. The van der Waals surface area contributed by atoms with E-state index in [1.165, 1.54) is 0 Å². The summed E-state index contributed by atoms with van der Waals surface area (Å²) >= 11 is 0. The highest BCUT2D eigenvalue weighted by Gasteiger charge is 2.36. The Labute approximate surface area is 150 Å². The highest BCUT2D eigenvalue weighted by Crippen LogP contribution is 2.47. The normalized spacial score (nSPS) is 15.9. The van der Waals surface area contributed by atoms with Gasteiger partial charge in [-0.2, -0.15) is 5.26 Å². The molecule has 6 nitrogen and oxygen atoms in total. The molecule has 0 radical (unpaired) electrons. The number of aromatic amines is 1. The maximum atomic E-state index is 10.4. The summed E-state index contributed by atoms with van der Waals surface area (Å²) in [5.41, 5.74) is 10.2. The van der Waals surface area contributed by atoms with Gasteiger partial charge >= 0.3 is 0 Å². The number of fused-ring (bicyclic) bond motifs is 1. The predicted molar refractivity (Wildman–Crippen MR) is 96.2 cm³/mol. The average Bonchev–Trinajstić information content (AvgIpc) is 3.05. The molecule has 4 N–H and O–H groups in total. The number of ether oxygens (including phenoxy) is 1. The molecule has 1 aliphatic heterocycles. The molecule has 2 aromatic carbocycles. The average molecular weight is 344 g/mol. The first-order valence-electron chi connectivity index (χ1n) is 8.11. The number of H-pyrrole nitrogens is 1. The molecule has 2 heterocycles. The van der Waals surface area contributed by atoms with Crippen molar-refractivity contribution in [2.24, 2.45) is 5.73 Å². The molecule has 0 amide bonds. The Morgan fingerprint density at radius 1 is 1.19 bits per heavy atom. The van der Waals surface area contributed by atoms with Crippen molar-refractivity contribution in [1.29, 1.82) is 5.26 Å². The van der Waals surface area contributed by atoms with E-state index in [0.717, 1.165) is 16.8 Å². The van der Waals surface area contributed by atoms with Crippen LogP contribution < -0.4 is 10.5 Å². The number of aryl methyl sites for hydroxylation is 1. The quantitative estimate of drug-likeness (QED) is 0.661. The van der Waals surface area contributed by atoms with Gasteiger partial charge < -0.3 is 15.6 Å². The fraction of sp³-hybridized carbons (Fsp3) is 0.100. The van der Waals surface area contributed by atoms with Gasteiger partial charge in [-0.15, -0.1) is 5.10 Å². The lowest BCUT2D eigenvalue weighted by molar-refractivity contribution is 0.377. The fourth-order valence-corrected chi connectivity index (χ4v) is 3.23. The first-order chi connectivity index (χ1) is 12.6. The first-order valence-corrected chi connectivity index (χ1v) is 8.11. The summed E-state index contributed by atoms with van der Waals surface area (Å²) in [6.45, 7) is 2.01. The molecule has 0 saturated heterocycles. The number of allylic oxidation sites excluding steroid dienone is 1. The number of nitrogens with one attached hydrogen (secondary N) is 1. The summed E-state index contributed by atoms with van der Waals surface area (Å²) in [7, 11) is 0. The second-order valence-corrected chi connectivity index (χ2v) is 6.17. The fourth-order valence-electron chi connectivity index (χ4n) is 3.23. The molecular formula is C20H16N4O2. The predicted octanol–water partition coefficient (Wildman–Crippen LogP) is 3.31. The molecule has 0 fully saturated rings. The van der Waals surface area contributed by atoms with Crippen molar-refractivity contribution in [3.63, 3.8) is 0 Å². The van der Waals surface area contributed by atoms with Crippen LogP contribution in [0.5, 0.6) is 11.6 Å². The summed E-state index contributed by atoms with van der Waals surface area (Å²) in [6, 6.07) is 17.0. The molecule has 6 heteroatoms. The van der Waals surface area contributed by atoms with Crippen molar-refractivity contribution in [3.05, 3.63) is 76.7 Å². The van der Waals surface area contributed by atoms with Gasteiger partial charge in [0.1, 0.15) is 17.4 Å². The Balaban J connectivity index is 1.97. The number of nitriles is 1. The number of hydrogen-bond acceptors (Lipinski definition) is 5. The zero-order valence-electron chi connectivity index (χ0n) is 14.0. The van der Waals surface area contributed by atoms with Crippen molar-refractivity contribution >= 4 is 0 Å². The summed E-state index contributed by atoms with van der Waals surface area (Å²) in [5, 5.41) is 27.3. The monoisotopic (exact) mass is 344 g/mol. The van der Waals surface area contributed by atoms with E-state index < -0.39 is 5.92 Å².